The molecule has 0 aromatic heterocycles. The number of halogens is 3. The van der Waals surface area contributed by atoms with E-state index in [4.69, 9.17) is 0 Å². The largest absolute Gasteiger partial charge is 0.389 e. The number of guanidine groups is 1. The maximum Gasteiger partial charge on any atom is 0.389 e. The van der Waals surface area contributed by atoms with Gasteiger partial charge in [0, 0.05) is 13.0 Å². The minimum Gasteiger partial charge on any atom is -0.288 e. The lowest BCUT2D eigenvalue weighted by molar-refractivity contribution is -0.135. The monoisotopic (exact) mass is 223 g/mol. The maximum atomic E-state index is 11.7. The van der Waals surface area contributed by atoms with E-state index in [1.54, 1.807) is 0 Å². The highest BCUT2D eigenvalue weighted by Crippen LogP contribution is 2.20. The van der Waals surface area contributed by atoms with Crippen molar-refractivity contribution in [2.24, 2.45) is 4.99 Å². The van der Waals surface area contributed by atoms with Crippen LogP contribution in [-0.2, 0) is 9.59 Å². The molecule has 0 radical (unpaired) electrons. The first kappa shape index (κ1) is 11.5. The van der Waals surface area contributed by atoms with Gasteiger partial charge in [0.1, 0.15) is 0 Å². The molecule has 0 spiro atoms. The molecular weight excluding hydrogens is 215 g/mol. The molecule has 2 amide bonds. The smallest absolute Gasteiger partial charge is 0.288 e. The van der Waals surface area contributed by atoms with Gasteiger partial charge in [-0.1, -0.05) is 0 Å². The number of carbonyl (C=O) groups is 2. The molecule has 8 heteroatoms. The predicted octanol–water partition coefficient (Wildman–Crippen LogP) is -0.0691. The summed E-state index contributed by atoms with van der Waals surface area (Å²) < 4.78 is 35.1. The third-order valence-electron chi connectivity index (χ3n) is 1.56. The van der Waals surface area contributed by atoms with Gasteiger partial charge in [0.25, 0.3) is 0 Å². The fourth-order valence-electron chi connectivity index (χ4n) is 0.909. The van der Waals surface area contributed by atoms with E-state index in [0.29, 0.717) is 0 Å². The first-order chi connectivity index (χ1) is 6.88. The first-order valence-corrected chi connectivity index (χ1v) is 4.12. The lowest BCUT2D eigenvalue weighted by Crippen LogP contribution is -2.26. The van der Waals surface area contributed by atoms with Crippen molar-refractivity contribution < 1.29 is 22.8 Å². The fourth-order valence-corrected chi connectivity index (χ4v) is 0.909. The molecular formula is C7H8F3N3O2. The van der Waals surface area contributed by atoms with Gasteiger partial charge in [0.05, 0.1) is 0 Å². The molecule has 0 aliphatic carbocycles. The van der Waals surface area contributed by atoms with Crippen molar-refractivity contribution in [3.05, 3.63) is 0 Å². The average Bonchev–Trinajstić information content (AvgIpc) is 2.39. The van der Waals surface area contributed by atoms with Gasteiger partial charge in [-0.25, -0.2) is 0 Å². The molecule has 0 aromatic rings. The molecule has 84 valence electrons. The second-order valence-electron chi connectivity index (χ2n) is 2.86. The zero-order chi connectivity index (χ0) is 11.5. The van der Waals surface area contributed by atoms with Crippen molar-refractivity contribution in [1.29, 1.82) is 0 Å². The Labute approximate surface area is 82.7 Å². The molecule has 0 aromatic carbocycles. The first-order valence-electron chi connectivity index (χ1n) is 4.12. The average molecular weight is 223 g/mol. The third kappa shape index (κ3) is 3.96. The van der Waals surface area contributed by atoms with Crippen LogP contribution in [0, 0.1) is 0 Å². The van der Waals surface area contributed by atoms with Gasteiger partial charge >= 0.3 is 18.0 Å². The molecule has 1 heterocycles. The number of aliphatic imine (C=N–C) groups is 1. The van der Waals surface area contributed by atoms with Gasteiger partial charge in [0.2, 0.25) is 5.96 Å². The molecule has 1 rings (SSSR count). The lowest BCUT2D eigenvalue weighted by atomic mass is 10.3. The van der Waals surface area contributed by atoms with Crippen molar-refractivity contribution in [1.82, 2.24) is 10.6 Å². The van der Waals surface area contributed by atoms with E-state index < -0.39 is 24.4 Å². The Kier molecular flexibility index (Phi) is 3.28. The zero-order valence-corrected chi connectivity index (χ0v) is 7.52. The number of rotatable bonds is 3. The second-order valence-corrected chi connectivity index (χ2v) is 2.86. The van der Waals surface area contributed by atoms with Crippen LogP contribution in [-0.4, -0.2) is 30.5 Å². The maximum absolute atomic E-state index is 11.7. The summed E-state index contributed by atoms with van der Waals surface area (Å²) in [6.45, 7) is -0.102. The third-order valence-corrected chi connectivity index (χ3v) is 1.56. The van der Waals surface area contributed by atoms with E-state index in [-0.39, 0.29) is 18.9 Å². The number of nitrogens with zero attached hydrogens (tertiary/aromatic N) is 1. The summed E-state index contributed by atoms with van der Waals surface area (Å²) in [5, 5.41) is 4.14. The van der Waals surface area contributed by atoms with Crippen LogP contribution in [0.3, 0.4) is 0 Å². The predicted molar refractivity (Wildman–Crippen MR) is 43.9 cm³/mol. The Balaban J connectivity index is 2.28. The molecule has 15 heavy (non-hydrogen) atoms. The van der Waals surface area contributed by atoms with E-state index in [9.17, 15) is 22.8 Å². The SMILES string of the molecule is O=C1NC(=NCCCC(F)(F)F)NC1=O. The van der Waals surface area contributed by atoms with E-state index in [2.05, 4.69) is 15.6 Å². The highest BCUT2D eigenvalue weighted by Gasteiger charge is 2.27. The summed E-state index contributed by atoms with van der Waals surface area (Å²) in [6, 6.07) is 0. The quantitative estimate of drug-likeness (QED) is 0.519. The number of carbonyl (C=O) groups excluding carboxylic acids is 2. The molecule has 1 aliphatic rings. The van der Waals surface area contributed by atoms with Crippen LogP contribution in [0.15, 0.2) is 4.99 Å². The van der Waals surface area contributed by atoms with Crippen LogP contribution < -0.4 is 10.6 Å². The molecule has 5 nitrogen and oxygen atoms in total. The number of alkyl halides is 3. The standard InChI is InChI=1S/C7H8F3N3O2/c8-7(9,10)2-1-3-11-6-12-4(14)5(15)13-6/h1-3H2,(H2,11,12,13,14,15). The number of hydrogen-bond acceptors (Lipinski definition) is 3. The summed E-state index contributed by atoms with van der Waals surface area (Å²) in [6.07, 6.45) is -5.33. The summed E-state index contributed by atoms with van der Waals surface area (Å²) in [5.41, 5.74) is 0. The van der Waals surface area contributed by atoms with E-state index in [0.717, 1.165) is 0 Å². The van der Waals surface area contributed by atoms with Crippen LogP contribution in [0.1, 0.15) is 12.8 Å². The summed E-state index contributed by atoms with van der Waals surface area (Å²) in [5.74, 6) is -1.80. The van der Waals surface area contributed by atoms with Crippen LogP contribution in [0.5, 0.6) is 0 Å². The minimum atomic E-state index is -4.21. The molecule has 0 unspecified atom stereocenters. The molecule has 0 atom stereocenters. The molecule has 0 bridgehead atoms. The van der Waals surface area contributed by atoms with Crippen LogP contribution >= 0.6 is 0 Å². The van der Waals surface area contributed by atoms with Gasteiger partial charge in [-0.05, 0) is 6.42 Å². The van der Waals surface area contributed by atoms with Crippen molar-refractivity contribution in [3.63, 3.8) is 0 Å². The van der Waals surface area contributed by atoms with Crippen LogP contribution in [0.2, 0.25) is 0 Å². The Morgan fingerprint density at radius 2 is 1.67 bits per heavy atom. The summed E-state index contributed by atoms with van der Waals surface area (Å²) in [4.78, 5) is 24.8. The van der Waals surface area contributed by atoms with E-state index in [1.807, 2.05) is 0 Å². The Morgan fingerprint density at radius 3 is 2.13 bits per heavy atom. The van der Waals surface area contributed by atoms with Crippen LogP contribution in [0.25, 0.3) is 0 Å². The summed E-state index contributed by atoms with van der Waals surface area (Å²) in [7, 11) is 0. The Bertz CT molecular complexity index is 293. The van der Waals surface area contributed by atoms with Gasteiger partial charge in [-0.15, -0.1) is 0 Å². The van der Waals surface area contributed by atoms with Gasteiger partial charge in [-0.2, -0.15) is 13.2 Å². The molecule has 2 N–H and O–H groups in total. The Morgan fingerprint density at radius 1 is 1.13 bits per heavy atom. The topological polar surface area (TPSA) is 70.6 Å². The van der Waals surface area contributed by atoms with Gasteiger partial charge < -0.3 is 0 Å². The minimum absolute atomic E-state index is 0.0906. The number of nitrogens with one attached hydrogen (secondary N) is 2. The van der Waals surface area contributed by atoms with Crippen molar-refractivity contribution in [2.45, 2.75) is 19.0 Å². The van der Waals surface area contributed by atoms with E-state index >= 15 is 0 Å². The summed E-state index contributed by atoms with van der Waals surface area (Å²) >= 11 is 0. The fraction of sp³-hybridized carbons (Fsp3) is 0.571. The Hall–Kier alpha value is -1.60. The van der Waals surface area contributed by atoms with E-state index in [1.165, 1.54) is 0 Å². The lowest BCUT2D eigenvalue weighted by Gasteiger charge is -2.03. The second kappa shape index (κ2) is 4.28. The molecule has 1 aliphatic heterocycles. The number of amides is 2. The molecule has 0 saturated carbocycles. The number of hydrogen-bond donors (Lipinski definition) is 2. The molecule has 1 saturated heterocycles. The van der Waals surface area contributed by atoms with Crippen molar-refractivity contribution >= 4 is 17.8 Å². The van der Waals surface area contributed by atoms with Gasteiger partial charge in [-0.3, -0.25) is 25.2 Å². The van der Waals surface area contributed by atoms with Gasteiger partial charge in [0.15, 0.2) is 0 Å². The highest BCUT2D eigenvalue weighted by atomic mass is 19.4. The molecule has 1 fully saturated rings. The van der Waals surface area contributed by atoms with Crippen molar-refractivity contribution in [3.8, 4) is 0 Å². The van der Waals surface area contributed by atoms with Crippen LogP contribution in [0.4, 0.5) is 13.2 Å². The zero-order valence-electron chi connectivity index (χ0n) is 7.52. The highest BCUT2D eigenvalue weighted by molar-refractivity contribution is 6.45. The normalized spacial score (nSPS) is 16.3. The van der Waals surface area contributed by atoms with Crippen molar-refractivity contribution in [2.75, 3.05) is 6.54 Å².